The summed E-state index contributed by atoms with van der Waals surface area (Å²) in [6, 6.07) is 4.84. The molecule has 0 aliphatic carbocycles. The molecule has 1 aromatic carbocycles. The molecule has 0 atom stereocenters. The number of hydrogen-bond acceptors (Lipinski definition) is 6. The highest BCUT2D eigenvalue weighted by molar-refractivity contribution is 6.04. The predicted octanol–water partition coefficient (Wildman–Crippen LogP) is 1.98. The van der Waals surface area contributed by atoms with E-state index < -0.39 is 5.91 Å². The molecule has 21 heavy (non-hydrogen) atoms. The number of ether oxygens (including phenoxy) is 2. The van der Waals surface area contributed by atoms with Crippen LogP contribution in [-0.4, -0.2) is 24.3 Å². The summed E-state index contributed by atoms with van der Waals surface area (Å²) in [6.45, 7) is 2.88. The first kappa shape index (κ1) is 13.3. The van der Waals surface area contributed by atoms with E-state index in [2.05, 4.69) is 10.5 Å². The van der Waals surface area contributed by atoms with Gasteiger partial charge in [-0.3, -0.25) is 4.79 Å². The van der Waals surface area contributed by atoms with E-state index in [0.717, 1.165) is 6.42 Å². The van der Waals surface area contributed by atoms with Gasteiger partial charge in [0, 0.05) is 24.6 Å². The van der Waals surface area contributed by atoms with Crippen LogP contribution in [-0.2, 0) is 0 Å². The highest BCUT2D eigenvalue weighted by Gasteiger charge is 2.17. The molecule has 2 aromatic rings. The van der Waals surface area contributed by atoms with Crippen molar-refractivity contribution in [2.45, 2.75) is 13.3 Å². The van der Waals surface area contributed by atoms with Gasteiger partial charge in [0.25, 0.3) is 5.91 Å². The third-order valence-electron chi connectivity index (χ3n) is 3.02. The van der Waals surface area contributed by atoms with Gasteiger partial charge in [0.1, 0.15) is 0 Å². The molecule has 2 heterocycles. The van der Waals surface area contributed by atoms with E-state index in [9.17, 15) is 4.79 Å². The third kappa shape index (κ3) is 2.76. The highest BCUT2D eigenvalue weighted by Crippen LogP contribution is 2.36. The van der Waals surface area contributed by atoms with Gasteiger partial charge in [0.15, 0.2) is 11.5 Å². The molecule has 1 amide bonds. The van der Waals surface area contributed by atoms with Crippen LogP contribution in [0.3, 0.4) is 0 Å². The van der Waals surface area contributed by atoms with Crippen molar-refractivity contribution in [3.63, 3.8) is 0 Å². The molecule has 7 heteroatoms. The summed E-state index contributed by atoms with van der Waals surface area (Å²) in [4.78, 5) is 12.0. The summed E-state index contributed by atoms with van der Waals surface area (Å²) in [6.07, 6.45) is 0.799. The first-order valence-corrected chi connectivity index (χ1v) is 6.57. The van der Waals surface area contributed by atoms with E-state index in [1.807, 2.05) is 0 Å². The molecule has 3 rings (SSSR count). The van der Waals surface area contributed by atoms with Crippen LogP contribution in [0.1, 0.15) is 22.7 Å². The number of aromatic nitrogens is 1. The van der Waals surface area contributed by atoms with Crippen molar-refractivity contribution in [3.05, 3.63) is 29.7 Å². The number of aryl methyl sites for hydroxylation is 1. The lowest BCUT2D eigenvalue weighted by molar-refractivity contribution is 0.0988. The molecule has 0 radical (unpaired) electrons. The first-order chi connectivity index (χ1) is 10.1. The Labute approximate surface area is 121 Å². The Morgan fingerprint density at radius 3 is 2.62 bits per heavy atom. The van der Waals surface area contributed by atoms with E-state index in [-0.39, 0.29) is 5.76 Å². The number of amides is 1. The molecule has 110 valence electrons. The zero-order chi connectivity index (χ0) is 14.8. The molecule has 3 N–H and O–H groups in total. The van der Waals surface area contributed by atoms with Gasteiger partial charge in [-0.25, -0.2) is 0 Å². The first-order valence-electron chi connectivity index (χ1n) is 6.57. The summed E-state index contributed by atoms with van der Waals surface area (Å²) >= 11 is 0. The second-order valence-electron chi connectivity index (χ2n) is 4.72. The monoisotopic (exact) mass is 289 g/mol. The van der Waals surface area contributed by atoms with E-state index in [0.29, 0.717) is 41.8 Å². The average Bonchev–Trinajstić information content (AvgIpc) is 2.76. The molecule has 1 aliphatic heterocycles. The maximum Gasteiger partial charge on any atom is 0.294 e. The van der Waals surface area contributed by atoms with Crippen LogP contribution < -0.4 is 20.5 Å². The summed E-state index contributed by atoms with van der Waals surface area (Å²) in [7, 11) is 0. The Bertz CT molecular complexity index is 681. The number of carbonyl (C=O) groups is 1. The predicted molar refractivity (Wildman–Crippen MR) is 75.7 cm³/mol. The molecule has 0 fully saturated rings. The fraction of sp³-hybridized carbons (Fsp3) is 0.286. The van der Waals surface area contributed by atoms with Crippen LogP contribution in [0, 0.1) is 6.92 Å². The topological polar surface area (TPSA) is 99.6 Å². The van der Waals surface area contributed by atoms with E-state index in [4.69, 9.17) is 19.7 Å². The lowest BCUT2D eigenvalue weighted by atomic mass is 10.2. The fourth-order valence-electron chi connectivity index (χ4n) is 1.99. The summed E-state index contributed by atoms with van der Waals surface area (Å²) in [5, 5.41) is 6.35. The van der Waals surface area contributed by atoms with Gasteiger partial charge in [-0.1, -0.05) is 5.16 Å². The molecule has 0 spiro atoms. The van der Waals surface area contributed by atoms with Crippen molar-refractivity contribution in [2.24, 2.45) is 0 Å². The van der Waals surface area contributed by atoms with Gasteiger partial charge in [-0.15, -0.1) is 0 Å². The van der Waals surface area contributed by atoms with E-state index >= 15 is 0 Å². The molecule has 0 bridgehead atoms. The minimum absolute atomic E-state index is 0.124. The van der Waals surface area contributed by atoms with Crippen LogP contribution in [0.4, 0.5) is 11.4 Å². The van der Waals surface area contributed by atoms with E-state index in [1.165, 1.54) is 0 Å². The van der Waals surface area contributed by atoms with Crippen LogP contribution in [0.5, 0.6) is 11.5 Å². The lowest BCUT2D eigenvalue weighted by Gasteiger charge is -2.12. The maximum atomic E-state index is 12.0. The van der Waals surface area contributed by atoms with E-state index in [1.54, 1.807) is 25.1 Å². The molecule has 0 saturated carbocycles. The minimum atomic E-state index is -0.420. The van der Waals surface area contributed by atoms with Crippen molar-refractivity contribution < 1.29 is 18.8 Å². The molecule has 1 aliphatic rings. The Morgan fingerprint density at radius 2 is 1.95 bits per heavy atom. The normalized spacial score (nSPS) is 13.6. The maximum absolute atomic E-state index is 12.0. The highest BCUT2D eigenvalue weighted by atomic mass is 16.5. The molecule has 0 saturated heterocycles. The number of nitrogens with two attached hydrogens (primary N) is 1. The van der Waals surface area contributed by atoms with Crippen molar-refractivity contribution in [1.29, 1.82) is 0 Å². The number of carbonyl (C=O) groups excluding carboxylic acids is 1. The number of nitrogens with zero attached hydrogens (tertiary/aromatic N) is 1. The van der Waals surface area contributed by atoms with Crippen molar-refractivity contribution >= 4 is 17.3 Å². The Hall–Kier alpha value is -2.70. The number of nitrogen functional groups attached to an aromatic ring is 1. The van der Waals surface area contributed by atoms with Crippen LogP contribution in [0.2, 0.25) is 0 Å². The number of benzene rings is 1. The zero-order valence-corrected chi connectivity index (χ0v) is 11.5. The number of fused-ring (bicyclic) bond motifs is 1. The second-order valence-corrected chi connectivity index (χ2v) is 4.72. The number of anilines is 2. The quantitative estimate of drug-likeness (QED) is 0.820. The minimum Gasteiger partial charge on any atom is -0.489 e. The van der Waals surface area contributed by atoms with Crippen molar-refractivity contribution in [1.82, 2.24) is 5.16 Å². The van der Waals surface area contributed by atoms with Crippen LogP contribution in [0.15, 0.2) is 22.7 Å². The van der Waals surface area contributed by atoms with Crippen molar-refractivity contribution in [2.75, 3.05) is 24.3 Å². The molecular formula is C14H15N3O4. The van der Waals surface area contributed by atoms with Crippen LogP contribution in [0.25, 0.3) is 0 Å². The molecule has 1 aromatic heterocycles. The molecule has 7 nitrogen and oxygen atoms in total. The SMILES string of the molecule is Cc1cc(C(=O)Nc2cc3c(cc2N)OCCCO3)on1. The van der Waals surface area contributed by atoms with Crippen molar-refractivity contribution in [3.8, 4) is 11.5 Å². The third-order valence-corrected chi connectivity index (χ3v) is 3.02. The van der Waals surface area contributed by atoms with Gasteiger partial charge in [0.2, 0.25) is 5.76 Å². The summed E-state index contributed by atoms with van der Waals surface area (Å²) in [5.41, 5.74) is 7.40. The van der Waals surface area contributed by atoms with Gasteiger partial charge in [-0.2, -0.15) is 0 Å². The smallest absolute Gasteiger partial charge is 0.294 e. The Kier molecular flexibility index (Phi) is 3.39. The fourth-order valence-corrected chi connectivity index (χ4v) is 1.99. The lowest BCUT2D eigenvalue weighted by Crippen LogP contribution is -2.12. The van der Waals surface area contributed by atoms with Gasteiger partial charge in [-0.05, 0) is 6.92 Å². The van der Waals surface area contributed by atoms with Gasteiger partial charge < -0.3 is 25.0 Å². The second kappa shape index (κ2) is 5.35. The standard InChI is InChI=1S/C14H15N3O4/c1-8-5-13(21-17-8)14(18)16-10-7-12-11(6-9(10)15)19-3-2-4-20-12/h5-7H,2-4,15H2,1H3,(H,16,18). The number of rotatable bonds is 2. The zero-order valence-electron chi connectivity index (χ0n) is 11.5. The molecule has 0 unspecified atom stereocenters. The van der Waals surface area contributed by atoms with Crippen LogP contribution >= 0.6 is 0 Å². The van der Waals surface area contributed by atoms with Gasteiger partial charge in [0.05, 0.1) is 30.3 Å². The number of nitrogens with one attached hydrogen (secondary N) is 1. The average molecular weight is 289 g/mol. The Morgan fingerprint density at radius 1 is 1.24 bits per heavy atom. The molecular weight excluding hydrogens is 274 g/mol. The van der Waals surface area contributed by atoms with Gasteiger partial charge >= 0.3 is 0 Å². The number of hydrogen-bond donors (Lipinski definition) is 2. The summed E-state index contributed by atoms with van der Waals surface area (Å²) < 4.78 is 16.0. The summed E-state index contributed by atoms with van der Waals surface area (Å²) in [5.74, 6) is 0.847. The Balaban J connectivity index is 1.85. The largest absolute Gasteiger partial charge is 0.489 e.